The summed E-state index contributed by atoms with van der Waals surface area (Å²) in [5, 5.41) is 14.6. The molecule has 2 fully saturated rings. The van der Waals surface area contributed by atoms with Crippen LogP contribution < -0.4 is 15.8 Å². The molecular weight excluding hydrogens is 340 g/mol. The van der Waals surface area contributed by atoms with E-state index in [0.717, 1.165) is 12.8 Å². The monoisotopic (exact) mass is 358 g/mol. The number of H-pyrrole nitrogens is 1. The summed E-state index contributed by atoms with van der Waals surface area (Å²) in [6.07, 6.45) is 2.98. The molecule has 0 bridgehead atoms. The Bertz CT molecular complexity index is 942. The van der Waals surface area contributed by atoms with Gasteiger partial charge in [0.15, 0.2) is 0 Å². The molecule has 2 N–H and O–H groups in total. The molecule has 0 aliphatic carbocycles. The number of amides is 2. The maximum Gasteiger partial charge on any atom is 0.317 e. The lowest BCUT2D eigenvalue weighted by Crippen LogP contribution is -2.49. The molecule has 136 valence electrons. The van der Waals surface area contributed by atoms with Gasteiger partial charge in [-0.3, -0.25) is 14.9 Å². The lowest BCUT2D eigenvalue weighted by atomic mass is 10.0. The van der Waals surface area contributed by atoms with Crippen molar-refractivity contribution in [2.45, 2.75) is 18.9 Å². The highest BCUT2D eigenvalue weighted by Crippen LogP contribution is 2.33. The third-order valence-electron chi connectivity index (χ3n) is 5.00. The fourth-order valence-electron chi connectivity index (χ4n) is 3.75. The lowest BCUT2D eigenvalue weighted by Gasteiger charge is -2.38. The van der Waals surface area contributed by atoms with E-state index >= 15 is 0 Å². The first-order valence-corrected chi connectivity index (χ1v) is 8.50. The van der Waals surface area contributed by atoms with E-state index in [1.807, 2.05) is 4.90 Å². The summed E-state index contributed by atoms with van der Waals surface area (Å²) >= 11 is 0. The molecule has 1 aromatic carbocycles. The number of nitrogens with one attached hydrogen (secondary N) is 2. The standard InChI is InChI=1S/C16H18N6O4/c23-15-11-6-14(22(25)26)13(7-12(11)18-9-19-15)20-4-1-2-10(8-20)21-5-3-17-16(21)24/h6-7,9-10H,1-5,8H2,(H,17,24)(H,18,19,23). The molecule has 2 amide bonds. The second-order valence-electron chi connectivity index (χ2n) is 6.51. The van der Waals surface area contributed by atoms with E-state index in [1.54, 1.807) is 11.0 Å². The molecule has 0 spiro atoms. The van der Waals surface area contributed by atoms with E-state index in [4.69, 9.17) is 0 Å². The zero-order valence-electron chi connectivity index (χ0n) is 14.0. The van der Waals surface area contributed by atoms with Gasteiger partial charge < -0.3 is 20.1 Å². The number of nitro benzene ring substituents is 1. The molecule has 2 saturated heterocycles. The number of hydrogen-bond acceptors (Lipinski definition) is 6. The third kappa shape index (κ3) is 2.72. The minimum atomic E-state index is -0.479. The van der Waals surface area contributed by atoms with Crippen LogP contribution in [0.25, 0.3) is 10.9 Å². The predicted molar refractivity (Wildman–Crippen MR) is 94.4 cm³/mol. The fraction of sp³-hybridized carbons (Fsp3) is 0.438. The number of nitro groups is 1. The molecule has 4 rings (SSSR count). The van der Waals surface area contributed by atoms with Crippen LogP contribution in [-0.4, -0.2) is 58.0 Å². The first-order chi connectivity index (χ1) is 12.5. The van der Waals surface area contributed by atoms with Gasteiger partial charge in [-0.1, -0.05) is 0 Å². The Morgan fingerprint density at radius 3 is 2.85 bits per heavy atom. The maximum atomic E-state index is 11.9. The summed E-state index contributed by atoms with van der Waals surface area (Å²) in [4.78, 5) is 45.2. The summed E-state index contributed by atoms with van der Waals surface area (Å²) in [6.45, 7) is 2.44. The Balaban J connectivity index is 1.72. The van der Waals surface area contributed by atoms with Gasteiger partial charge in [0.1, 0.15) is 5.69 Å². The Labute approximate surface area is 148 Å². The number of nitrogens with zero attached hydrogens (tertiary/aromatic N) is 4. The quantitative estimate of drug-likeness (QED) is 0.618. The smallest absolute Gasteiger partial charge is 0.317 e. The number of urea groups is 1. The minimum absolute atomic E-state index is 0.00804. The maximum absolute atomic E-state index is 11.9. The number of fused-ring (bicyclic) bond motifs is 1. The van der Waals surface area contributed by atoms with E-state index in [1.165, 1.54) is 12.4 Å². The van der Waals surface area contributed by atoms with Crippen molar-refractivity contribution >= 4 is 28.3 Å². The van der Waals surface area contributed by atoms with Gasteiger partial charge in [-0.05, 0) is 18.9 Å². The topological polar surface area (TPSA) is 124 Å². The van der Waals surface area contributed by atoms with Crippen LogP contribution in [0, 0.1) is 10.1 Å². The van der Waals surface area contributed by atoms with E-state index in [-0.39, 0.29) is 23.1 Å². The molecule has 10 heteroatoms. The summed E-state index contributed by atoms with van der Waals surface area (Å²) in [7, 11) is 0. The van der Waals surface area contributed by atoms with E-state index in [2.05, 4.69) is 15.3 Å². The van der Waals surface area contributed by atoms with E-state index in [0.29, 0.717) is 37.4 Å². The van der Waals surface area contributed by atoms with Crippen LogP contribution in [-0.2, 0) is 0 Å². The number of rotatable bonds is 3. The number of anilines is 1. The number of carbonyl (C=O) groups excluding carboxylic acids is 1. The van der Waals surface area contributed by atoms with Gasteiger partial charge in [0, 0.05) is 32.2 Å². The average Bonchev–Trinajstić information content (AvgIpc) is 3.07. The number of aromatic amines is 1. The second-order valence-corrected chi connectivity index (χ2v) is 6.51. The zero-order valence-corrected chi connectivity index (χ0v) is 14.0. The molecule has 0 radical (unpaired) electrons. The van der Waals surface area contributed by atoms with Crippen molar-refractivity contribution in [3.63, 3.8) is 0 Å². The molecule has 26 heavy (non-hydrogen) atoms. The Morgan fingerprint density at radius 1 is 1.27 bits per heavy atom. The Morgan fingerprint density at radius 2 is 2.12 bits per heavy atom. The van der Waals surface area contributed by atoms with Crippen LogP contribution in [0.1, 0.15) is 12.8 Å². The van der Waals surface area contributed by atoms with Crippen LogP contribution in [0.2, 0.25) is 0 Å². The van der Waals surface area contributed by atoms with Crippen LogP contribution in [0.4, 0.5) is 16.2 Å². The first-order valence-electron chi connectivity index (χ1n) is 8.50. The summed E-state index contributed by atoms with van der Waals surface area (Å²) in [6, 6.07) is 2.80. The third-order valence-corrected chi connectivity index (χ3v) is 5.00. The molecular formula is C16H18N6O4. The molecule has 2 aliphatic rings. The highest BCUT2D eigenvalue weighted by atomic mass is 16.6. The van der Waals surface area contributed by atoms with Gasteiger partial charge in [-0.25, -0.2) is 9.78 Å². The normalized spacial score (nSPS) is 20.5. The van der Waals surface area contributed by atoms with Gasteiger partial charge in [-0.15, -0.1) is 0 Å². The minimum Gasteiger partial charge on any atom is -0.364 e. The molecule has 3 heterocycles. The van der Waals surface area contributed by atoms with Gasteiger partial charge in [0.25, 0.3) is 11.2 Å². The largest absolute Gasteiger partial charge is 0.364 e. The van der Waals surface area contributed by atoms with Crippen molar-refractivity contribution in [1.82, 2.24) is 20.2 Å². The molecule has 1 aromatic heterocycles. The number of piperidine rings is 1. The van der Waals surface area contributed by atoms with Crippen molar-refractivity contribution < 1.29 is 9.72 Å². The Hall–Kier alpha value is -3.17. The van der Waals surface area contributed by atoms with Crippen molar-refractivity contribution in [2.75, 3.05) is 31.1 Å². The number of benzene rings is 1. The lowest BCUT2D eigenvalue weighted by molar-refractivity contribution is -0.384. The highest BCUT2D eigenvalue weighted by Gasteiger charge is 2.33. The van der Waals surface area contributed by atoms with Crippen LogP contribution in [0.15, 0.2) is 23.3 Å². The van der Waals surface area contributed by atoms with Crippen molar-refractivity contribution in [3.05, 3.63) is 38.9 Å². The molecule has 2 aliphatic heterocycles. The van der Waals surface area contributed by atoms with Gasteiger partial charge in [0.2, 0.25) is 0 Å². The average molecular weight is 358 g/mol. The summed E-state index contributed by atoms with van der Waals surface area (Å²) < 4.78 is 0. The number of carbonyl (C=O) groups is 1. The predicted octanol–water partition coefficient (Wildman–Crippen LogP) is 0.825. The fourth-order valence-corrected chi connectivity index (χ4v) is 3.75. The van der Waals surface area contributed by atoms with Crippen molar-refractivity contribution in [2.24, 2.45) is 0 Å². The van der Waals surface area contributed by atoms with E-state index < -0.39 is 10.5 Å². The molecule has 10 nitrogen and oxygen atoms in total. The van der Waals surface area contributed by atoms with Gasteiger partial charge in [0.05, 0.1) is 28.2 Å². The molecule has 2 aromatic rings. The molecule has 0 saturated carbocycles. The highest BCUT2D eigenvalue weighted by molar-refractivity contribution is 5.87. The van der Waals surface area contributed by atoms with Crippen molar-refractivity contribution in [3.8, 4) is 0 Å². The first kappa shape index (κ1) is 16.3. The van der Waals surface area contributed by atoms with Gasteiger partial charge >= 0.3 is 6.03 Å². The SMILES string of the molecule is O=C1NCCN1C1CCCN(c2cc3nc[nH]c(=O)c3cc2[N+](=O)[O-])C1. The van der Waals surface area contributed by atoms with Crippen LogP contribution in [0.3, 0.4) is 0 Å². The molecule has 1 unspecified atom stereocenters. The molecule has 1 atom stereocenters. The number of aromatic nitrogens is 2. The summed E-state index contributed by atoms with van der Waals surface area (Å²) in [5.74, 6) is 0. The number of hydrogen-bond donors (Lipinski definition) is 2. The van der Waals surface area contributed by atoms with Crippen LogP contribution in [0.5, 0.6) is 0 Å². The second kappa shape index (κ2) is 6.28. The zero-order chi connectivity index (χ0) is 18.3. The van der Waals surface area contributed by atoms with E-state index in [9.17, 15) is 19.7 Å². The van der Waals surface area contributed by atoms with Crippen molar-refractivity contribution in [1.29, 1.82) is 0 Å². The summed E-state index contributed by atoms with van der Waals surface area (Å²) in [5.41, 5.74) is 0.317. The Kier molecular flexibility index (Phi) is 3.94. The van der Waals surface area contributed by atoms with Gasteiger partial charge in [-0.2, -0.15) is 0 Å². The van der Waals surface area contributed by atoms with Crippen LogP contribution >= 0.6 is 0 Å².